The number of rotatable bonds is 6. The van der Waals surface area contributed by atoms with Crippen molar-refractivity contribution in [2.24, 2.45) is 5.73 Å². The summed E-state index contributed by atoms with van der Waals surface area (Å²) in [5.74, 6) is 0.906. The predicted octanol–water partition coefficient (Wildman–Crippen LogP) is 2.55. The van der Waals surface area contributed by atoms with Crippen LogP contribution in [0.1, 0.15) is 21.8 Å². The third-order valence-corrected chi connectivity index (χ3v) is 3.94. The molecule has 0 spiro atoms. The van der Waals surface area contributed by atoms with Crippen molar-refractivity contribution in [3.05, 3.63) is 45.4 Å². The first-order valence-electron chi connectivity index (χ1n) is 6.57. The first-order chi connectivity index (χ1) is 9.62. The molecular formula is C15H21N3OS. The number of methoxy groups -OCH3 is 1. The van der Waals surface area contributed by atoms with E-state index in [4.69, 9.17) is 10.5 Å². The average Bonchev–Trinajstić information content (AvgIpc) is 2.83. The average molecular weight is 291 g/mol. The van der Waals surface area contributed by atoms with Gasteiger partial charge in [0, 0.05) is 30.6 Å². The zero-order valence-corrected chi connectivity index (χ0v) is 13.0. The number of aryl methyl sites for hydroxylation is 1. The molecule has 0 saturated heterocycles. The van der Waals surface area contributed by atoms with Crippen LogP contribution in [0.4, 0.5) is 0 Å². The Hall–Kier alpha value is -1.43. The Kier molecular flexibility index (Phi) is 5.11. The molecule has 5 heteroatoms. The fraction of sp³-hybridized carbons (Fsp3) is 0.400. The molecule has 2 rings (SSSR count). The maximum atomic E-state index is 5.70. The lowest BCUT2D eigenvalue weighted by atomic mass is 10.1. The van der Waals surface area contributed by atoms with E-state index in [2.05, 4.69) is 28.4 Å². The molecular weight excluding hydrogens is 270 g/mol. The Bertz CT molecular complexity index is 568. The summed E-state index contributed by atoms with van der Waals surface area (Å²) in [6.07, 6.45) is 0. The van der Waals surface area contributed by atoms with E-state index >= 15 is 0 Å². The van der Waals surface area contributed by atoms with Crippen molar-refractivity contribution in [1.29, 1.82) is 0 Å². The molecule has 0 bridgehead atoms. The molecule has 0 saturated carbocycles. The van der Waals surface area contributed by atoms with Gasteiger partial charge < -0.3 is 10.5 Å². The quantitative estimate of drug-likeness (QED) is 0.888. The SMILES string of the molecule is COc1ccc(CN)cc1CN(C)Cc1csc(C)n1. The lowest BCUT2D eigenvalue weighted by molar-refractivity contribution is 0.307. The summed E-state index contributed by atoms with van der Waals surface area (Å²) in [6.45, 7) is 4.22. The maximum absolute atomic E-state index is 5.70. The number of thiazole rings is 1. The van der Waals surface area contributed by atoms with Crippen LogP contribution in [0.15, 0.2) is 23.6 Å². The van der Waals surface area contributed by atoms with Gasteiger partial charge in [-0.1, -0.05) is 6.07 Å². The number of benzene rings is 1. The van der Waals surface area contributed by atoms with E-state index in [0.29, 0.717) is 6.54 Å². The van der Waals surface area contributed by atoms with E-state index in [1.165, 1.54) is 0 Å². The summed E-state index contributed by atoms with van der Waals surface area (Å²) < 4.78 is 5.42. The van der Waals surface area contributed by atoms with Gasteiger partial charge in [-0.05, 0) is 31.7 Å². The van der Waals surface area contributed by atoms with Crippen molar-refractivity contribution >= 4 is 11.3 Å². The molecule has 0 amide bonds. The standard InChI is InChI=1S/C15H21N3OS/c1-11-17-14(10-20-11)9-18(2)8-13-6-12(7-16)4-5-15(13)19-3/h4-6,10H,7-9,16H2,1-3H3. The molecule has 4 nitrogen and oxygen atoms in total. The minimum atomic E-state index is 0.548. The fourth-order valence-electron chi connectivity index (χ4n) is 2.19. The Labute approximate surface area is 124 Å². The lowest BCUT2D eigenvalue weighted by Crippen LogP contribution is -2.18. The highest BCUT2D eigenvalue weighted by Gasteiger charge is 2.09. The van der Waals surface area contributed by atoms with Crippen molar-refractivity contribution < 1.29 is 4.74 Å². The van der Waals surface area contributed by atoms with Crippen LogP contribution >= 0.6 is 11.3 Å². The van der Waals surface area contributed by atoms with Crippen molar-refractivity contribution in [1.82, 2.24) is 9.88 Å². The van der Waals surface area contributed by atoms with Gasteiger partial charge in [-0.3, -0.25) is 4.90 Å². The molecule has 2 aromatic rings. The van der Waals surface area contributed by atoms with Crippen molar-refractivity contribution in [3.63, 3.8) is 0 Å². The van der Waals surface area contributed by atoms with E-state index in [0.717, 1.165) is 40.7 Å². The smallest absolute Gasteiger partial charge is 0.123 e. The van der Waals surface area contributed by atoms with Gasteiger partial charge in [-0.25, -0.2) is 4.98 Å². The van der Waals surface area contributed by atoms with Crippen molar-refractivity contribution in [2.75, 3.05) is 14.2 Å². The van der Waals surface area contributed by atoms with Crippen LogP contribution in [0.2, 0.25) is 0 Å². The van der Waals surface area contributed by atoms with E-state index in [9.17, 15) is 0 Å². The number of nitrogens with two attached hydrogens (primary N) is 1. The summed E-state index contributed by atoms with van der Waals surface area (Å²) >= 11 is 1.69. The van der Waals surface area contributed by atoms with Gasteiger partial charge in [0.25, 0.3) is 0 Å². The molecule has 0 atom stereocenters. The van der Waals surface area contributed by atoms with Gasteiger partial charge in [0.1, 0.15) is 5.75 Å². The van der Waals surface area contributed by atoms with Gasteiger partial charge in [-0.2, -0.15) is 0 Å². The monoisotopic (exact) mass is 291 g/mol. The molecule has 0 aliphatic carbocycles. The number of hydrogen-bond acceptors (Lipinski definition) is 5. The summed E-state index contributed by atoms with van der Waals surface area (Å²) in [6, 6.07) is 6.10. The van der Waals surface area contributed by atoms with Gasteiger partial charge in [-0.15, -0.1) is 11.3 Å². The van der Waals surface area contributed by atoms with Crippen LogP contribution in [0.5, 0.6) is 5.75 Å². The Morgan fingerprint density at radius 3 is 2.75 bits per heavy atom. The maximum Gasteiger partial charge on any atom is 0.123 e. The highest BCUT2D eigenvalue weighted by molar-refractivity contribution is 7.09. The van der Waals surface area contributed by atoms with Crippen molar-refractivity contribution in [3.8, 4) is 5.75 Å². The van der Waals surface area contributed by atoms with E-state index < -0.39 is 0 Å². The molecule has 1 aromatic heterocycles. The van der Waals surface area contributed by atoms with Crippen LogP contribution in [0, 0.1) is 6.92 Å². The zero-order chi connectivity index (χ0) is 14.5. The topological polar surface area (TPSA) is 51.4 Å². The summed E-state index contributed by atoms with van der Waals surface area (Å²) in [7, 11) is 3.79. The minimum Gasteiger partial charge on any atom is -0.496 e. The summed E-state index contributed by atoms with van der Waals surface area (Å²) in [5.41, 5.74) is 9.10. The second kappa shape index (κ2) is 6.83. The van der Waals surface area contributed by atoms with Crippen LogP contribution in [-0.2, 0) is 19.6 Å². The van der Waals surface area contributed by atoms with Gasteiger partial charge >= 0.3 is 0 Å². The predicted molar refractivity (Wildman–Crippen MR) is 82.9 cm³/mol. The molecule has 1 heterocycles. The molecule has 108 valence electrons. The second-order valence-corrected chi connectivity index (χ2v) is 5.94. The molecule has 0 radical (unpaired) electrons. The first kappa shape index (κ1) is 15.0. The highest BCUT2D eigenvalue weighted by atomic mass is 32.1. The Morgan fingerprint density at radius 1 is 1.35 bits per heavy atom. The molecule has 20 heavy (non-hydrogen) atoms. The van der Waals surface area contributed by atoms with Crippen LogP contribution in [-0.4, -0.2) is 24.0 Å². The largest absolute Gasteiger partial charge is 0.496 e. The molecule has 2 N–H and O–H groups in total. The van der Waals surface area contributed by atoms with Gasteiger partial charge in [0.2, 0.25) is 0 Å². The van der Waals surface area contributed by atoms with E-state index in [1.54, 1.807) is 18.4 Å². The van der Waals surface area contributed by atoms with E-state index in [-0.39, 0.29) is 0 Å². The molecule has 0 fully saturated rings. The lowest BCUT2D eigenvalue weighted by Gasteiger charge is -2.18. The molecule has 0 unspecified atom stereocenters. The second-order valence-electron chi connectivity index (χ2n) is 4.88. The first-order valence-corrected chi connectivity index (χ1v) is 7.45. The number of ether oxygens (including phenoxy) is 1. The number of hydrogen-bond donors (Lipinski definition) is 1. The molecule has 1 aromatic carbocycles. The van der Waals surface area contributed by atoms with Gasteiger partial charge in [0.15, 0.2) is 0 Å². The van der Waals surface area contributed by atoms with Gasteiger partial charge in [0.05, 0.1) is 17.8 Å². The summed E-state index contributed by atoms with van der Waals surface area (Å²) in [5, 5.41) is 3.22. The van der Waals surface area contributed by atoms with E-state index in [1.807, 2.05) is 19.1 Å². The van der Waals surface area contributed by atoms with Crippen LogP contribution < -0.4 is 10.5 Å². The zero-order valence-electron chi connectivity index (χ0n) is 12.2. The summed E-state index contributed by atoms with van der Waals surface area (Å²) in [4.78, 5) is 6.72. The van der Waals surface area contributed by atoms with Crippen LogP contribution in [0.25, 0.3) is 0 Å². The molecule has 0 aliphatic rings. The van der Waals surface area contributed by atoms with Crippen LogP contribution in [0.3, 0.4) is 0 Å². The third kappa shape index (κ3) is 3.79. The van der Waals surface area contributed by atoms with Crippen molar-refractivity contribution in [2.45, 2.75) is 26.6 Å². The third-order valence-electron chi connectivity index (χ3n) is 3.12. The number of aromatic nitrogens is 1. The normalized spacial score (nSPS) is 11.1. The Balaban J connectivity index is 2.08. The fourth-order valence-corrected chi connectivity index (χ4v) is 2.79. The minimum absolute atomic E-state index is 0.548. The Morgan fingerprint density at radius 2 is 2.15 bits per heavy atom. The number of nitrogens with zero attached hydrogens (tertiary/aromatic N) is 2. The molecule has 0 aliphatic heterocycles. The highest BCUT2D eigenvalue weighted by Crippen LogP contribution is 2.22.